The molecule has 1 aliphatic heterocycles. The van der Waals surface area contributed by atoms with E-state index in [-0.39, 0.29) is 0 Å². The predicted octanol–water partition coefficient (Wildman–Crippen LogP) is 1.87. The SMILES string of the molecule is CCCn1ccnc1CN1CCC(C(=O)O)(n2cc(C)cn2)CC1. The Morgan fingerprint density at radius 1 is 1.38 bits per heavy atom. The number of carboxylic acid groups (broad SMARTS) is 1. The molecule has 7 nitrogen and oxygen atoms in total. The minimum Gasteiger partial charge on any atom is -0.479 e. The summed E-state index contributed by atoms with van der Waals surface area (Å²) >= 11 is 0. The number of nitrogens with zero attached hydrogens (tertiary/aromatic N) is 5. The van der Waals surface area contributed by atoms with Crippen LogP contribution in [0.4, 0.5) is 0 Å². The number of hydrogen-bond donors (Lipinski definition) is 1. The maximum absolute atomic E-state index is 12.0. The highest BCUT2D eigenvalue weighted by atomic mass is 16.4. The molecule has 1 saturated heterocycles. The second-order valence-corrected chi connectivity index (χ2v) is 6.61. The average Bonchev–Trinajstić information content (AvgIpc) is 3.18. The van der Waals surface area contributed by atoms with Crippen LogP contribution in [0, 0.1) is 6.92 Å². The van der Waals surface area contributed by atoms with Gasteiger partial charge in [0.1, 0.15) is 5.82 Å². The van der Waals surface area contributed by atoms with Crippen LogP contribution in [0.3, 0.4) is 0 Å². The Kier molecular flexibility index (Phi) is 4.71. The molecule has 1 fully saturated rings. The van der Waals surface area contributed by atoms with Crippen LogP contribution in [0.2, 0.25) is 0 Å². The van der Waals surface area contributed by atoms with Gasteiger partial charge >= 0.3 is 5.97 Å². The summed E-state index contributed by atoms with van der Waals surface area (Å²) in [6.07, 6.45) is 9.58. The van der Waals surface area contributed by atoms with Crippen molar-refractivity contribution in [2.45, 2.75) is 51.7 Å². The van der Waals surface area contributed by atoms with Crippen LogP contribution in [0.5, 0.6) is 0 Å². The van der Waals surface area contributed by atoms with Crippen molar-refractivity contribution in [3.63, 3.8) is 0 Å². The van der Waals surface area contributed by atoms with Crippen molar-refractivity contribution in [2.24, 2.45) is 0 Å². The van der Waals surface area contributed by atoms with Gasteiger partial charge in [0.2, 0.25) is 0 Å². The summed E-state index contributed by atoms with van der Waals surface area (Å²) in [6.45, 7) is 7.27. The van der Waals surface area contributed by atoms with Crippen molar-refractivity contribution in [1.29, 1.82) is 0 Å². The number of carbonyl (C=O) groups is 1. The summed E-state index contributed by atoms with van der Waals surface area (Å²) in [5, 5.41) is 14.1. The predicted molar refractivity (Wildman–Crippen MR) is 89.6 cm³/mol. The maximum Gasteiger partial charge on any atom is 0.331 e. The van der Waals surface area contributed by atoms with Crippen LogP contribution in [0.1, 0.15) is 37.6 Å². The molecular formula is C17H25N5O2. The minimum absolute atomic E-state index is 0.554. The minimum atomic E-state index is -0.927. The molecule has 0 bridgehead atoms. The van der Waals surface area contributed by atoms with E-state index in [1.807, 2.05) is 25.5 Å². The number of hydrogen-bond acceptors (Lipinski definition) is 4. The Bertz CT molecular complexity index is 697. The Labute approximate surface area is 141 Å². The first kappa shape index (κ1) is 16.7. The van der Waals surface area contributed by atoms with Gasteiger partial charge in [-0.1, -0.05) is 6.92 Å². The van der Waals surface area contributed by atoms with Gasteiger partial charge in [0.15, 0.2) is 5.54 Å². The molecule has 7 heteroatoms. The number of aliphatic carboxylic acids is 1. The van der Waals surface area contributed by atoms with Crippen molar-refractivity contribution in [1.82, 2.24) is 24.2 Å². The van der Waals surface area contributed by atoms with Gasteiger partial charge in [0.25, 0.3) is 0 Å². The zero-order valence-corrected chi connectivity index (χ0v) is 14.4. The molecule has 2 aromatic rings. The number of carboxylic acids is 1. The quantitative estimate of drug-likeness (QED) is 0.874. The van der Waals surface area contributed by atoms with Crippen LogP contribution < -0.4 is 0 Å². The van der Waals surface area contributed by atoms with Gasteiger partial charge in [-0.05, 0) is 31.7 Å². The standard InChI is InChI=1S/C17H25N5O2/c1-3-7-21-10-6-18-15(21)13-20-8-4-17(5-9-20,16(23)24)22-12-14(2)11-19-22/h6,10-12H,3-5,7-9,13H2,1-2H3,(H,23,24). The van der Waals surface area contributed by atoms with Crippen LogP contribution in [-0.2, 0) is 23.4 Å². The highest BCUT2D eigenvalue weighted by molar-refractivity contribution is 5.76. The van der Waals surface area contributed by atoms with E-state index in [0.29, 0.717) is 12.8 Å². The van der Waals surface area contributed by atoms with Crippen LogP contribution >= 0.6 is 0 Å². The highest BCUT2D eigenvalue weighted by Gasteiger charge is 2.44. The molecule has 0 spiro atoms. The summed E-state index contributed by atoms with van der Waals surface area (Å²) in [4.78, 5) is 18.7. The Balaban J connectivity index is 1.69. The lowest BCUT2D eigenvalue weighted by Gasteiger charge is -2.38. The fourth-order valence-corrected chi connectivity index (χ4v) is 3.41. The number of piperidine rings is 1. The van der Waals surface area contributed by atoms with Crippen LogP contribution in [0.15, 0.2) is 24.8 Å². The van der Waals surface area contributed by atoms with Crippen LogP contribution in [-0.4, -0.2) is 48.4 Å². The molecule has 1 N–H and O–H groups in total. The smallest absolute Gasteiger partial charge is 0.331 e. The lowest BCUT2D eigenvalue weighted by molar-refractivity contribution is -0.151. The van der Waals surface area contributed by atoms with E-state index in [0.717, 1.165) is 44.0 Å². The number of aryl methyl sites for hydroxylation is 2. The van der Waals surface area contributed by atoms with Gasteiger partial charge in [-0.25, -0.2) is 9.78 Å². The molecule has 0 aliphatic carbocycles. The second kappa shape index (κ2) is 6.76. The number of aromatic nitrogens is 4. The second-order valence-electron chi connectivity index (χ2n) is 6.61. The number of rotatable bonds is 6. The van der Waals surface area contributed by atoms with Crippen molar-refractivity contribution in [2.75, 3.05) is 13.1 Å². The zero-order chi connectivity index (χ0) is 17.2. The molecule has 0 radical (unpaired) electrons. The Morgan fingerprint density at radius 3 is 2.71 bits per heavy atom. The summed E-state index contributed by atoms with van der Waals surface area (Å²) in [5.41, 5.74) is 0.0588. The molecule has 0 saturated carbocycles. The molecule has 0 unspecified atom stereocenters. The summed E-state index contributed by atoms with van der Waals surface area (Å²) in [7, 11) is 0. The van der Waals surface area contributed by atoms with Crippen molar-refractivity contribution < 1.29 is 9.90 Å². The number of likely N-dealkylation sites (tertiary alicyclic amines) is 1. The third-order valence-electron chi connectivity index (χ3n) is 4.86. The lowest BCUT2D eigenvalue weighted by Crippen LogP contribution is -2.51. The van der Waals surface area contributed by atoms with Crippen molar-refractivity contribution in [3.8, 4) is 0 Å². The van der Waals surface area contributed by atoms with E-state index < -0.39 is 11.5 Å². The highest BCUT2D eigenvalue weighted by Crippen LogP contribution is 2.31. The molecule has 2 aromatic heterocycles. The van der Waals surface area contributed by atoms with Crippen LogP contribution in [0.25, 0.3) is 0 Å². The van der Waals surface area contributed by atoms with E-state index in [4.69, 9.17) is 0 Å². The third-order valence-corrected chi connectivity index (χ3v) is 4.86. The van der Waals surface area contributed by atoms with E-state index in [1.165, 1.54) is 0 Å². The molecule has 1 aliphatic rings. The van der Waals surface area contributed by atoms with E-state index in [9.17, 15) is 9.90 Å². The van der Waals surface area contributed by atoms with E-state index >= 15 is 0 Å². The molecule has 3 rings (SSSR count). The largest absolute Gasteiger partial charge is 0.479 e. The molecule has 0 amide bonds. The van der Waals surface area contributed by atoms with Gasteiger partial charge in [0.05, 0.1) is 12.7 Å². The molecule has 0 aromatic carbocycles. The van der Waals surface area contributed by atoms with Crippen molar-refractivity contribution >= 4 is 5.97 Å². The first-order valence-corrected chi connectivity index (χ1v) is 8.52. The van der Waals surface area contributed by atoms with Gasteiger partial charge < -0.3 is 9.67 Å². The number of imidazole rings is 1. The van der Waals surface area contributed by atoms with Crippen molar-refractivity contribution in [3.05, 3.63) is 36.2 Å². The van der Waals surface area contributed by atoms with Gasteiger partial charge in [-0.2, -0.15) is 5.10 Å². The molecule has 24 heavy (non-hydrogen) atoms. The average molecular weight is 331 g/mol. The van der Waals surface area contributed by atoms with Gasteiger partial charge in [-0.3, -0.25) is 9.58 Å². The van der Waals surface area contributed by atoms with Gasteiger partial charge in [-0.15, -0.1) is 0 Å². The zero-order valence-electron chi connectivity index (χ0n) is 14.4. The molecule has 3 heterocycles. The fraction of sp³-hybridized carbons (Fsp3) is 0.588. The van der Waals surface area contributed by atoms with Gasteiger partial charge in [0, 0.05) is 38.2 Å². The third kappa shape index (κ3) is 3.08. The summed E-state index contributed by atoms with van der Waals surface area (Å²) < 4.78 is 3.82. The summed E-state index contributed by atoms with van der Waals surface area (Å²) in [5.74, 6) is 0.257. The normalized spacial score (nSPS) is 17.9. The Morgan fingerprint density at radius 2 is 2.12 bits per heavy atom. The van der Waals surface area contributed by atoms with E-state index in [1.54, 1.807) is 10.9 Å². The first-order valence-electron chi connectivity index (χ1n) is 8.52. The Hall–Kier alpha value is -2.15. The molecular weight excluding hydrogens is 306 g/mol. The van der Waals surface area contributed by atoms with E-state index in [2.05, 4.69) is 26.5 Å². The molecule has 0 atom stereocenters. The topological polar surface area (TPSA) is 76.2 Å². The maximum atomic E-state index is 12.0. The monoisotopic (exact) mass is 331 g/mol. The summed E-state index contributed by atoms with van der Waals surface area (Å²) in [6, 6.07) is 0. The lowest BCUT2D eigenvalue weighted by atomic mass is 9.87. The fourth-order valence-electron chi connectivity index (χ4n) is 3.41. The molecule has 130 valence electrons. The first-order chi connectivity index (χ1) is 11.5.